The number of carbonyl (C=O) groups is 1. The first-order chi connectivity index (χ1) is 5.92. The molecule has 4 nitrogen and oxygen atoms in total. The van der Waals surface area contributed by atoms with E-state index in [1.54, 1.807) is 5.38 Å². The number of aliphatic hydroxyl groups is 1. The number of aromatic nitrogens is 1. The molecule has 1 unspecified atom stereocenters. The number of hydrogen-bond acceptors (Lipinski definition) is 4. The molecule has 0 spiro atoms. The van der Waals surface area contributed by atoms with Crippen molar-refractivity contribution in [3.8, 4) is 0 Å². The Morgan fingerprint density at radius 2 is 2.38 bits per heavy atom. The summed E-state index contributed by atoms with van der Waals surface area (Å²) in [5, 5.41) is 20.8. The maximum atomic E-state index is 10.4. The minimum atomic E-state index is -1.36. The number of aryl methyl sites for hydroxylation is 1. The van der Waals surface area contributed by atoms with Crippen LogP contribution in [-0.4, -0.2) is 21.2 Å². The first kappa shape index (κ1) is 10.1. The van der Waals surface area contributed by atoms with Crippen molar-refractivity contribution >= 4 is 17.3 Å². The summed E-state index contributed by atoms with van der Waals surface area (Å²) in [4.78, 5) is 14.5. The molecule has 0 aliphatic heterocycles. The zero-order valence-electron chi connectivity index (χ0n) is 7.44. The van der Waals surface area contributed by atoms with Gasteiger partial charge in [0, 0.05) is 5.38 Å². The second-order valence-electron chi connectivity index (χ2n) is 3.10. The summed E-state index contributed by atoms with van der Waals surface area (Å²) >= 11 is 1.39. The normalized spacial score (nSPS) is 15.3. The molecule has 1 aromatic heterocycles. The minimum absolute atomic E-state index is 0.323. The highest BCUT2D eigenvalue weighted by Gasteiger charge is 2.28. The third-order valence-corrected chi connectivity index (χ3v) is 2.44. The van der Waals surface area contributed by atoms with Crippen LogP contribution in [0.25, 0.3) is 0 Å². The van der Waals surface area contributed by atoms with Gasteiger partial charge >= 0.3 is 5.97 Å². The third-order valence-electron chi connectivity index (χ3n) is 1.67. The molecule has 5 heteroatoms. The van der Waals surface area contributed by atoms with E-state index in [4.69, 9.17) is 5.11 Å². The van der Waals surface area contributed by atoms with Crippen molar-refractivity contribution in [2.45, 2.75) is 25.9 Å². The topological polar surface area (TPSA) is 70.4 Å². The average molecular weight is 201 g/mol. The van der Waals surface area contributed by atoms with Crippen LogP contribution in [0.1, 0.15) is 24.0 Å². The Kier molecular flexibility index (Phi) is 2.68. The van der Waals surface area contributed by atoms with Crippen LogP contribution in [-0.2, 0) is 10.4 Å². The molecule has 0 bridgehead atoms. The molecule has 0 fully saturated rings. The van der Waals surface area contributed by atoms with Crippen molar-refractivity contribution < 1.29 is 15.0 Å². The van der Waals surface area contributed by atoms with E-state index in [1.165, 1.54) is 18.3 Å². The standard InChI is InChI=1S/C8H11NO3S/c1-5-9-6(4-13-5)8(2,12)3-7(10)11/h4,12H,3H2,1-2H3,(H,10,11). The monoisotopic (exact) mass is 201 g/mol. The molecule has 0 saturated carbocycles. The van der Waals surface area contributed by atoms with Crippen LogP contribution >= 0.6 is 11.3 Å². The highest BCUT2D eigenvalue weighted by molar-refractivity contribution is 7.09. The van der Waals surface area contributed by atoms with Gasteiger partial charge in [0.05, 0.1) is 17.1 Å². The van der Waals surface area contributed by atoms with Gasteiger partial charge in [-0.3, -0.25) is 4.79 Å². The van der Waals surface area contributed by atoms with Gasteiger partial charge in [0.15, 0.2) is 0 Å². The number of nitrogens with zero attached hydrogens (tertiary/aromatic N) is 1. The molecule has 0 saturated heterocycles. The smallest absolute Gasteiger partial charge is 0.306 e. The summed E-state index contributed by atoms with van der Waals surface area (Å²) in [7, 11) is 0. The molecular formula is C8H11NO3S. The Hall–Kier alpha value is -0.940. The Morgan fingerprint density at radius 1 is 1.77 bits per heavy atom. The summed E-state index contributed by atoms with van der Waals surface area (Å²) in [6.45, 7) is 3.26. The van der Waals surface area contributed by atoms with Crippen LogP contribution in [0.5, 0.6) is 0 Å². The zero-order valence-corrected chi connectivity index (χ0v) is 8.26. The van der Waals surface area contributed by atoms with Gasteiger partial charge in [-0.25, -0.2) is 4.98 Å². The van der Waals surface area contributed by atoms with Gasteiger partial charge in [0.1, 0.15) is 5.60 Å². The number of carboxylic acids is 1. The van der Waals surface area contributed by atoms with Gasteiger partial charge in [-0.15, -0.1) is 11.3 Å². The molecule has 0 aliphatic rings. The maximum Gasteiger partial charge on any atom is 0.306 e. The van der Waals surface area contributed by atoms with Gasteiger partial charge in [-0.05, 0) is 13.8 Å². The number of aliphatic carboxylic acids is 1. The Balaban J connectivity index is 2.86. The lowest BCUT2D eigenvalue weighted by molar-refractivity contribution is -0.142. The van der Waals surface area contributed by atoms with Crippen LogP contribution in [0.15, 0.2) is 5.38 Å². The summed E-state index contributed by atoms with van der Waals surface area (Å²) in [5.74, 6) is -1.03. The molecular weight excluding hydrogens is 190 g/mol. The van der Waals surface area contributed by atoms with Crippen molar-refractivity contribution in [3.63, 3.8) is 0 Å². The largest absolute Gasteiger partial charge is 0.481 e. The van der Waals surface area contributed by atoms with E-state index in [1.807, 2.05) is 6.92 Å². The van der Waals surface area contributed by atoms with E-state index in [2.05, 4.69) is 4.98 Å². The quantitative estimate of drug-likeness (QED) is 0.769. The van der Waals surface area contributed by atoms with Crippen LogP contribution in [0.2, 0.25) is 0 Å². The van der Waals surface area contributed by atoms with Crippen molar-refractivity contribution in [1.29, 1.82) is 0 Å². The predicted octanol–water partition coefficient (Wildman–Crippen LogP) is 1.13. The molecule has 0 aromatic carbocycles. The fourth-order valence-electron chi connectivity index (χ4n) is 0.996. The van der Waals surface area contributed by atoms with E-state index >= 15 is 0 Å². The molecule has 1 rings (SSSR count). The molecule has 0 aliphatic carbocycles. The first-order valence-electron chi connectivity index (χ1n) is 3.78. The lowest BCUT2D eigenvalue weighted by Crippen LogP contribution is -2.25. The van der Waals surface area contributed by atoms with Crippen LogP contribution < -0.4 is 0 Å². The Morgan fingerprint density at radius 3 is 2.77 bits per heavy atom. The number of rotatable bonds is 3. The predicted molar refractivity (Wildman–Crippen MR) is 48.7 cm³/mol. The van der Waals surface area contributed by atoms with Crippen LogP contribution in [0.4, 0.5) is 0 Å². The lowest BCUT2D eigenvalue weighted by atomic mass is 9.99. The van der Waals surface area contributed by atoms with E-state index in [0.717, 1.165) is 5.01 Å². The SMILES string of the molecule is Cc1nc(C(C)(O)CC(=O)O)cs1. The summed E-state index contributed by atoms with van der Waals surface area (Å²) in [6, 6.07) is 0. The Bertz CT molecular complexity index is 319. The maximum absolute atomic E-state index is 10.4. The number of thiazole rings is 1. The highest BCUT2D eigenvalue weighted by Crippen LogP contribution is 2.25. The molecule has 1 atom stereocenters. The van der Waals surface area contributed by atoms with Gasteiger partial charge < -0.3 is 10.2 Å². The van der Waals surface area contributed by atoms with Gasteiger partial charge in [-0.2, -0.15) is 0 Å². The van der Waals surface area contributed by atoms with E-state index in [-0.39, 0.29) is 6.42 Å². The first-order valence-corrected chi connectivity index (χ1v) is 4.66. The number of carboxylic acid groups (broad SMARTS) is 1. The van der Waals surface area contributed by atoms with Crippen LogP contribution in [0, 0.1) is 6.92 Å². The van der Waals surface area contributed by atoms with Gasteiger partial charge in [0.25, 0.3) is 0 Å². The summed E-state index contributed by atoms with van der Waals surface area (Å²) in [5.41, 5.74) is -0.936. The van der Waals surface area contributed by atoms with Crippen LogP contribution in [0.3, 0.4) is 0 Å². The second kappa shape index (κ2) is 3.43. The van der Waals surface area contributed by atoms with Crippen molar-refractivity contribution in [2.24, 2.45) is 0 Å². The van der Waals surface area contributed by atoms with E-state index in [9.17, 15) is 9.90 Å². The molecule has 13 heavy (non-hydrogen) atoms. The zero-order chi connectivity index (χ0) is 10.1. The molecule has 2 N–H and O–H groups in total. The lowest BCUT2D eigenvalue weighted by Gasteiger charge is -2.17. The number of hydrogen-bond donors (Lipinski definition) is 2. The summed E-state index contributed by atoms with van der Waals surface area (Å²) < 4.78 is 0. The minimum Gasteiger partial charge on any atom is -0.481 e. The van der Waals surface area contributed by atoms with Gasteiger partial charge in [-0.1, -0.05) is 0 Å². The third kappa shape index (κ3) is 2.50. The molecule has 0 amide bonds. The van der Waals surface area contributed by atoms with Crippen molar-refractivity contribution in [1.82, 2.24) is 4.98 Å². The van der Waals surface area contributed by atoms with Crippen molar-refractivity contribution in [3.05, 3.63) is 16.1 Å². The fourth-order valence-corrected chi connectivity index (χ4v) is 1.74. The highest BCUT2D eigenvalue weighted by atomic mass is 32.1. The summed E-state index contributed by atoms with van der Waals surface area (Å²) in [6.07, 6.45) is -0.323. The Labute approximate surface area is 79.9 Å². The van der Waals surface area contributed by atoms with E-state index in [0.29, 0.717) is 5.69 Å². The molecule has 1 heterocycles. The average Bonchev–Trinajstić information content (AvgIpc) is 2.32. The molecule has 1 aromatic rings. The molecule has 72 valence electrons. The van der Waals surface area contributed by atoms with E-state index < -0.39 is 11.6 Å². The van der Waals surface area contributed by atoms with Crippen molar-refractivity contribution in [2.75, 3.05) is 0 Å². The van der Waals surface area contributed by atoms with Gasteiger partial charge in [0.2, 0.25) is 0 Å². The fraction of sp³-hybridized carbons (Fsp3) is 0.500. The molecule has 0 radical (unpaired) electrons. The second-order valence-corrected chi connectivity index (χ2v) is 4.16.